The molecular weight excluding hydrogens is 272 g/mol. The van der Waals surface area contributed by atoms with E-state index in [9.17, 15) is 15.2 Å². The average molecular weight is 294 g/mol. The summed E-state index contributed by atoms with van der Waals surface area (Å²) in [6.45, 7) is 6.83. The molecule has 0 aliphatic carbocycles. The molecule has 116 valence electrons. The first kappa shape index (κ1) is 15.7. The van der Waals surface area contributed by atoms with E-state index in [1.165, 1.54) is 6.07 Å². The molecular formula is C15H22N2O4. The van der Waals surface area contributed by atoms with Crippen LogP contribution in [0.25, 0.3) is 0 Å². The van der Waals surface area contributed by atoms with Gasteiger partial charge < -0.3 is 14.7 Å². The van der Waals surface area contributed by atoms with Gasteiger partial charge in [-0.05, 0) is 31.9 Å². The third-order valence-corrected chi connectivity index (χ3v) is 3.93. The molecule has 1 fully saturated rings. The van der Waals surface area contributed by atoms with Gasteiger partial charge in [0.15, 0.2) is 0 Å². The lowest BCUT2D eigenvalue weighted by Gasteiger charge is -2.39. The summed E-state index contributed by atoms with van der Waals surface area (Å²) in [7, 11) is 0. The molecule has 2 rings (SSSR count). The first-order valence-corrected chi connectivity index (χ1v) is 7.28. The quantitative estimate of drug-likeness (QED) is 0.682. The van der Waals surface area contributed by atoms with Crippen molar-refractivity contribution in [1.82, 2.24) is 0 Å². The zero-order valence-electron chi connectivity index (χ0n) is 12.7. The Hall–Kier alpha value is -1.66. The second-order valence-corrected chi connectivity index (χ2v) is 5.54. The molecule has 6 nitrogen and oxygen atoms in total. The zero-order valence-corrected chi connectivity index (χ0v) is 12.7. The molecule has 2 unspecified atom stereocenters. The molecule has 1 N–H and O–H groups in total. The van der Waals surface area contributed by atoms with E-state index in [4.69, 9.17) is 4.74 Å². The van der Waals surface area contributed by atoms with Gasteiger partial charge in [-0.3, -0.25) is 10.1 Å². The van der Waals surface area contributed by atoms with Crippen LogP contribution in [0.2, 0.25) is 0 Å². The van der Waals surface area contributed by atoms with E-state index in [0.29, 0.717) is 24.4 Å². The van der Waals surface area contributed by atoms with Crippen LogP contribution in [0.3, 0.4) is 0 Å². The van der Waals surface area contributed by atoms with Crippen LogP contribution in [0, 0.1) is 10.1 Å². The monoisotopic (exact) mass is 294 g/mol. The Kier molecular flexibility index (Phi) is 4.80. The number of aliphatic hydroxyl groups excluding tert-OH is 1. The van der Waals surface area contributed by atoms with Gasteiger partial charge in [0.25, 0.3) is 5.69 Å². The summed E-state index contributed by atoms with van der Waals surface area (Å²) >= 11 is 0. The fourth-order valence-corrected chi connectivity index (χ4v) is 2.67. The topological polar surface area (TPSA) is 75.8 Å². The lowest BCUT2D eigenvalue weighted by atomic mass is 10.0. The number of aliphatic hydroxyl groups is 1. The van der Waals surface area contributed by atoms with E-state index in [-0.39, 0.29) is 22.8 Å². The number of anilines is 1. The van der Waals surface area contributed by atoms with E-state index in [2.05, 4.69) is 4.90 Å². The van der Waals surface area contributed by atoms with E-state index in [1.54, 1.807) is 19.1 Å². The summed E-state index contributed by atoms with van der Waals surface area (Å²) in [6.07, 6.45) is 0.189. The SMILES string of the molecule is CCC1COC(C)CN1c1ccc([C@@H](C)O)cc1[N+](=O)[O-]. The van der Waals surface area contributed by atoms with E-state index in [1.807, 2.05) is 13.8 Å². The third-order valence-electron chi connectivity index (χ3n) is 3.93. The second kappa shape index (κ2) is 6.41. The van der Waals surface area contributed by atoms with Crippen molar-refractivity contribution in [1.29, 1.82) is 0 Å². The highest BCUT2D eigenvalue weighted by Crippen LogP contribution is 2.34. The maximum atomic E-state index is 11.4. The highest BCUT2D eigenvalue weighted by atomic mass is 16.6. The van der Waals surface area contributed by atoms with Crippen molar-refractivity contribution in [2.75, 3.05) is 18.1 Å². The number of nitro groups is 1. The summed E-state index contributed by atoms with van der Waals surface area (Å²) < 4.78 is 5.64. The fourth-order valence-electron chi connectivity index (χ4n) is 2.67. The van der Waals surface area contributed by atoms with Crippen LogP contribution in [0.4, 0.5) is 11.4 Å². The molecule has 1 aliphatic heterocycles. The number of morpholine rings is 1. The standard InChI is InChI=1S/C15H22N2O4/c1-4-13-9-21-10(2)8-16(13)14-6-5-12(11(3)18)7-15(14)17(19)20/h5-7,10-11,13,18H,4,8-9H2,1-3H3/t10?,11-,13?/m1/s1. The Bertz CT molecular complexity index is 518. The van der Waals surface area contributed by atoms with Gasteiger partial charge in [0.2, 0.25) is 0 Å². The number of benzene rings is 1. The zero-order chi connectivity index (χ0) is 15.6. The molecule has 3 atom stereocenters. The molecule has 6 heteroatoms. The number of hydrogen-bond donors (Lipinski definition) is 1. The molecule has 1 aromatic rings. The Morgan fingerprint density at radius 2 is 2.29 bits per heavy atom. The van der Waals surface area contributed by atoms with Crippen LogP contribution in [-0.4, -0.2) is 35.3 Å². The summed E-state index contributed by atoms with van der Waals surface area (Å²) in [5.74, 6) is 0. The van der Waals surface area contributed by atoms with Crippen molar-refractivity contribution in [2.24, 2.45) is 0 Å². The minimum Gasteiger partial charge on any atom is -0.389 e. The molecule has 0 bridgehead atoms. The summed E-state index contributed by atoms with van der Waals surface area (Å²) in [5.41, 5.74) is 1.20. The minimum atomic E-state index is -0.719. The number of nitro benzene ring substituents is 1. The fraction of sp³-hybridized carbons (Fsp3) is 0.600. The normalized spacial score (nSPS) is 23.9. The lowest BCUT2D eigenvalue weighted by Crippen LogP contribution is -2.48. The van der Waals surface area contributed by atoms with Gasteiger partial charge in [-0.25, -0.2) is 0 Å². The highest BCUT2D eigenvalue weighted by molar-refractivity contribution is 5.65. The van der Waals surface area contributed by atoms with Crippen LogP contribution >= 0.6 is 0 Å². The van der Waals surface area contributed by atoms with Gasteiger partial charge in [0, 0.05) is 12.6 Å². The van der Waals surface area contributed by atoms with Crippen LogP contribution in [0.5, 0.6) is 0 Å². The van der Waals surface area contributed by atoms with Crippen LogP contribution in [0.15, 0.2) is 18.2 Å². The summed E-state index contributed by atoms with van der Waals surface area (Å²) in [6, 6.07) is 5.09. The predicted octanol–water partition coefficient (Wildman–Crippen LogP) is 2.65. The number of nitrogens with zero attached hydrogens (tertiary/aromatic N) is 2. The van der Waals surface area contributed by atoms with Gasteiger partial charge in [-0.2, -0.15) is 0 Å². The Balaban J connectivity index is 2.43. The van der Waals surface area contributed by atoms with Gasteiger partial charge in [0.05, 0.1) is 29.8 Å². The van der Waals surface area contributed by atoms with Crippen molar-refractivity contribution < 1.29 is 14.8 Å². The molecule has 1 aliphatic rings. The van der Waals surface area contributed by atoms with E-state index < -0.39 is 6.10 Å². The summed E-state index contributed by atoms with van der Waals surface area (Å²) in [4.78, 5) is 13.1. The average Bonchev–Trinajstić information content (AvgIpc) is 2.46. The van der Waals surface area contributed by atoms with Crippen molar-refractivity contribution in [2.45, 2.75) is 45.4 Å². The van der Waals surface area contributed by atoms with Crippen LogP contribution in [0.1, 0.15) is 38.9 Å². The lowest BCUT2D eigenvalue weighted by molar-refractivity contribution is -0.384. The molecule has 0 amide bonds. The van der Waals surface area contributed by atoms with Crippen LogP contribution < -0.4 is 4.90 Å². The maximum absolute atomic E-state index is 11.4. The molecule has 21 heavy (non-hydrogen) atoms. The second-order valence-electron chi connectivity index (χ2n) is 5.54. The van der Waals surface area contributed by atoms with E-state index >= 15 is 0 Å². The van der Waals surface area contributed by atoms with Crippen molar-refractivity contribution in [3.05, 3.63) is 33.9 Å². The number of ether oxygens (including phenoxy) is 1. The van der Waals surface area contributed by atoms with E-state index in [0.717, 1.165) is 6.42 Å². The number of hydrogen-bond acceptors (Lipinski definition) is 5. The van der Waals surface area contributed by atoms with Gasteiger partial charge >= 0.3 is 0 Å². The molecule has 0 saturated carbocycles. The van der Waals surface area contributed by atoms with Gasteiger partial charge in [0.1, 0.15) is 5.69 Å². The van der Waals surface area contributed by atoms with Crippen molar-refractivity contribution in [3.63, 3.8) is 0 Å². The molecule has 1 aromatic carbocycles. The van der Waals surface area contributed by atoms with Crippen molar-refractivity contribution in [3.8, 4) is 0 Å². The van der Waals surface area contributed by atoms with Crippen LogP contribution in [-0.2, 0) is 4.74 Å². The Morgan fingerprint density at radius 3 is 2.86 bits per heavy atom. The first-order chi connectivity index (χ1) is 9.93. The highest BCUT2D eigenvalue weighted by Gasteiger charge is 2.30. The maximum Gasteiger partial charge on any atom is 0.292 e. The molecule has 1 heterocycles. The Labute approximate surface area is 124 Å². The molecule has 0 spiro atoms. The smallest absolute Gasteiger partial charge is 0.292 e. The molecule has 0 aromatic heterocycles. The summed E-state index contributed by atoms with van der Waals surface area (Å²) in [5, 5.41) is 21.0. The molecule has 0 radical (unpaired) electrons. The van der Waals surface area contributed by atoms with Gasteiger partial charge in [-0.1, -0.05) is 13.0 Å². The number of rotatable bonds is 4. The minimum absolute atomic E-state index is 0.0425. The Morgan fingerprint density at radius 1 is 1.57 bits per heavy atom. The van der Waals surface area contributed by atoms with Crippen molar-refractivity contribution >= 4 is 11.4 Å². The molecule has 1 saturated heterocycles. The largest absolute Gasteiger partial charge is 0.389 e. The van der Waals surface area contributed by atoms with Gasteiger partial charge in [-0.15, -0.1) is 0 Å². The first-order valence-electron chi connectivity index (χ1n) is 7.28. The third kappa shape index (κ3) is 3.33. The predicted molar refractivity (Wildman–Crippen MR) is 80.6 cm³/mol.